The maximum atomic E-state index is 10.3. The van der Waals surface area contributed by atoms with E-state index in [4.69, 9.17) is 20.4 Å². The molecule has 0 saturated heterocycles. The van der Waals surface area contributed by atoms with Gasteiger partial charge in [-0.05, 0) is 11.0 Å². The van der Waals surface area contributed by atoms with Gasteiger partial charge in [0.25, 0.3) is 0 Å². The summed E-state index contributed by atoms with van der Waals surface area (Å²) in [6.07, 6.45) is -2.29. The normalized spacial score (nSPS) is 8.29. The molecule has 0 fully saturated rings. The first kappa shape index (κ1) is 30.8. The Bertz CT molecular complexity index is 264. The van der Waals surface area contributed by atoms with Crippen LogP contribution >= 0.6 is 9.90 Å². The van der Waals surface area contributed by atoms with Gasteiger partial charge < -0.3 is 26.1 Å². The maximum Gasteiger partial charge on any atom is 2.00 e. The molecule has 11 heteroatoms. The molecule has 0 amide bonds. The average molecular weight is 327 g/mol. The maximum absolute atomic E-state index is 10.3. The van der Waals surface area contributed by atoms with E-state index < -0.39 is 36.4 Å². The summed E-state index contributed by atoms with van der Waals surface area (Å²) in [4.78, 5) is 30.5. The molecule has 17 heavy (non-hydrogen) atoms. The first-order valence-corrected chi connectivity index (χ1v) is 3.17. The molecule has 1 unspecified atom stereocenters. The van der Waals surface area contributed by atoms with Crippen molar-refractivity contribution >= 4 is 99.6 Å². The van der Waals surface area contributed by atoms with Gasteiger partial charge in [0.05, 0.1) is 12.8 Å². The minimum atomic E-state index is -2.74. The molecular weight excluding hydrogens is 308 g/mol. The first-order valence-electron chi connectivity index (χ1n) is 3.17. The van der Waals surface area contributed by atoms with Crippen LogP contribution in [0.15, 0.2) is 0 Å². The number of hydrogen-bond acceptors (Lipinski definition) is 4. The fraction of sp³-hybridized carbons (Fsp3) is 0.500. The summed E-state index contributed by atoms with van der Waals surface area (Å²) in [5.41, 5.74) is -2.74. The zero-order valence-electron chi connectivity index (χ0n) is 12.5. The van der Waals surface area contributed by atoms with E-state index in [1.54, 1.807) is 0 Å². The Kier molecular flexibility index (Phi) is 24.4. The Morgan fingerprint density at radius 2 is 1.24 bits per heavy atom. The summed E-state index contributed by atoms with van der Waals surface area (Å²) >= 11 is 0. The molecule has 0 aromatic carbocycles. The van der Waals surface area contributed by atoms with E-state index in [2.05, 4.69) is 0 Å². The number of aliphatic hydroxyl groups is 1. The smallest absolute Gasteiger partial charge is 1.00 e. The number of hydrogen-bond donors (Lipinski definition) is 4. The monoisotopic (exact) mass is 326 g/mol. The Hall–Kier alpha value is 1.04. The number of carboxylic acids is 3. The first-order chi connectivity index (χ1) is 5.78. The standard InChI is InChI=1S/C6H8O7.Ca.Mg.H3P.H4Si.4H/c7-3(8)1-6(13,5(11)12)2-4(9)10;;;;;;;;/h13H,1-2H2,(H,7,8)(H,9,10)(H,11,12);;;1H3;1H4;;;;/q;2*+2;;;4*-1. The second-order valence-electron chi connectivity index (χ2n) is 2.48. The van der Waals surface area contributed by atoms with Crippen molar-refractivity contribution in [3.05, 3.63) is 0 Å². The van der Waals surface area contributed by atoms with E-state index >= 15 is 0 Å². The molecule has 0 heterocycles. The van der Waals surface area contributed by atoms with Gasteiger partial charge >= 0.3 is 78.7 Å². The summed E-state index contributed by atoms with van der Waals surface area (Å²) in [6, 6.07) is 0. The minimum Gasteiger partial charge on any atom is -1.00 e. The van der Waals surface area contributed by atoms with Crippen LogP contribution in [0.3, 0.4) is 0 Å². The molecule has 1 atom stereocenters. The van der Waals surface area contributed by atoms with E-state index in [0.29, 0.717) is 0 Å². The van der Waals surface area contributed by atoms with Gasteiger partial charge in [0.2, 0.25) is 0 Å². The summed E-state index contributed by atoms with van der Waals surface area (Å²) in [5.74, 6) is -5.02. The molecule has 0 aliphatic heterocycles. The third kappa shape index (κ3) is 13.3. The Balaban J connectivity index is -0.0000000257. The van der Waals surface area contributed by atoms with E-state index in [0.717, 1.165) is 0 Å². The van der Waals surface area contributed by atoms with Gasteiger partial charge in [-0.15, -0.1) is 0 Å². The number of carbonyl (C=O) groups is 3. The van der Waals surface area contributed by atoms with Crippen molar-refractivity contribution in [2.75, 3.05) is 0 Å². The summed E-state index contributed by atoms with van der Waals surface area (Å²) in [7, 11) is 0. The fourth-order valence-electron chi connectivity index (χ4n) is 0.714. The molecule has 0 aromatic rings. The summed E-state index contributed by atoms with van der Waals surface area (Å²) in [6.45, 7) is 0. The zero-order valence-corrected chi connectivity index (χ0v) is 13.6. The molecule has 4 N–H and O–H groups in total. The molecule has 0 spiro atoms. The van der Waals surface area contributed by atoms with Gasteiger partial charge in [-0.25, -0.2) is 4.79 Å². The van der Waals surface area contributed by atoms with Crippen LogP contribution in [0.25, 0.3) is 0 Å². The Labute approximate surface area is 157 Å². The molecule has 0 rings (SSSR count). The second kappa shape index (κ2) is 13.5. The van der Waals surface area contributed by atoms with Gasteiger partial charge in [-0.1, -0.05) is 0 Å². The van der Waals surface area contributed by atoms with E-state index in [1.165, 1.54) is 0 Å². The summed E-state index contributed by atoms with van der Waals surface area (Å²) in [5, 5.41) is 33.8. The molecule has 0 aliphatic carbocycles. The predicted octanol–water partition coefficient (Wildman–Crippen LogP) is -2.95. The van der Waals surface area contributed by atoms with Crippen molar-refractivity contribution in [3.8, 4) is 0 Å². The predicted molar refractivity (Wildman–Crippen MR) is 75.5 cm³/mol. The van der Waals surface area contributed by atoms with E-state index in [1.807, 2.05) is 0 Å². The van der Waals surface area contributed by atoms with Crippen LogP contribution in [0.4, 0.5) is 0 Å². The van der Waals surface area contributed by atoms with Crippen molar-refractivity contribution in [1.82, 2.24) is 0 Å². The minimum absolute atomic E-state index is 0. The molecule has 0 saturated carbocycles. The molecule has 0 radical (unpaired) electrons. The van der Waals surface area contributed by atoms with Crippen molar-refractivity contribution in [3.63, 3.8) is 0 Å². The quantitative estimate of drug-likeness (QED) is 0.313. The van der Waals surface area contributed by atoms with Crippen molar-refractivity contribution in [2.24, 2.45) is 0 Å². The Morgan fingerprint density at radius 3 is 1.35 bits per heavy atom. The molecule has 0 aliphatic rings. The molecule has 0 aromatic heterocycles. The molecule has 0 bridgehead atoms. The van der Waals surface area contributed by atoms with Crippen molar-refractivity contribution in [1.29, 1.82) is 0 Å². The fourth-order valence-corrected chi connectivity index (χ4v) is 0.714. The topological polar surface area (TPSA) is 132 Å². The van der Waals surface area contributed by atoms with Crippen LogP contribution in [-0.2, 0) is 14.4 Å². The Morgan fingerprint density at radius 1 is 1.00 bits per heavy atom. The summed E-state index contributed by atoms with van der Waals surface area (Å²) < 4.78 is 0. The van der Waals surface area contributed by atoms with Crippen LogP contribution < -0.4 is 0 Å². The van der Waals surface area contributed by atoms with Crippen molar-refractivity contribution < 1.29 is 40.5 Å². The van der Waals surface area contributed by atoms with Crippen LogP contribution in [-0.4, -0.2) is 116 Å². The number of rotatable bonds is 5. The van der Waals surface area contributed by atoms with Gasteiger partial charge in [-0.2, -0.15) is 9.90 Å². The van der Waals surface area contributed by atoms with Gasteiger partial charge in [0, 0.05) is 0 Å². The van der Waals surface area contributed by atoms with Gasteiger partial charge in [0.15, 0.2) is 5.60 Å². The molecular formula is C6H19CaMgO7PSi. The van der Waals surface area contributed by atoms with E-state index in [9.17, 15) is 14.4 Å². The third-order valence-corrected chi connectivity index (χ3v) is 1.29. The van der Waals surface area contributed by atoms with Crippen LogP contribution in [0.5, 0.6) is 0 Å². The third-order valence-electron chi connectivity index (χ3n) is 1.29. The van der Waals surface area contributed by atoms with Crippen LogP contribution in [0, 0.1) is 0 Å². The molecule has 7 nitrogen and oxygen atoms in total. The van der Waals surface area contributed by atoms with E-state index in [-0.39, 0.29) is 87.4 Å². The zero-order chi connectivity index (χ0) is 10.6. The largest absolute Gasteiger partial charge is 2.00 e. The second-order valence-corrected chi connectivity index (χ2v) is 2.48. The van der Waals surface area contributed by atoms with Gasteiger partial charge in [-0.3, -0.25) is 9.59 Å². The van der Waals surface area contributed by atoms with Gasteiger partial charge in [0.1, 0.15) is 0 Å². The van der Waals surface area contributed by atoms with Crippen LogP contribution in [0.1, 0.15) is 18.5 Å². The SMILES string of the molecule is O=C(O)CC(O)(CC(=O)O)C(=O)O.P.[Ca+2].[H-].[H-].[H-].[H-].[Mg+2].[SiH4]. The van der Waals surface area contributed by atoms with Crippen molar-refractivity contribution in [2.45, 2.75) is 18.4 Å². The average Bonchev–Trinajstić information content (AvgIpc) is 1.82. The molecule has 98 valence electrons. The number of aliphatic carboxylic acids is 3. The van der Waals surface area contributed by atoms with Crippen LogP contribution in [0.2, 0.25) is 0 Å². The number of carboxylic acid groups (broad SMARTS) is 3.